The first kappa shape index (κ1) is 18.5. The summed E-state index contributed by atoms with van der Waals surface area (Å²) in [5.41, 5.74) is 0. The fraction of sp³-hybridized carbons (Fsp3) is 0.857. The molecule has 0 spiro atoms. The second kappa shape index (κ2) is 8.18. The van der Waals surface area contributed by atoms with Crippen LogP contribution in [0, 0.1) is 0 Å². The Labute approximate surface area is 123 Å². The summed E-state index contributed by atoms with van der Waals surface area (Å²) < 4.78 is 54.4. The first-order chi connectivity index (χ1) is 9.80. The summed E-state index contributed by atoms with van der Waals surface area (Å²) in [5, 5.41) is 21.6. The van der Waals surface area contributed by atoms with E-state index in [-0.39, 0.29) is 12.3 Å². The van der Waals surface area contributed by atoms with Crippen LogP contribution in [-0.4, -0.2) is 62.2 Å². The van der Waals surface area contributed by atoms with Gasteiger partial charge in [-0.1, -0.05) is 0 Å². The average Bonchev–Trinajstić information content (AvgIpc) is 2.37. The summed E-state index contributed by atoms with van der Waals surface area (Å²) in [7, 11) is -3.97. The van der Waals surface area contributed by atoms with Crippen molar-refractivity contribution in [2.45, 2.75) is 24.4 Å². The van der Waals surface area contributed by atoms with Gasteiger partial charge >= 0.3 is 5.97 Å². The Hall–Kier alpha value is -0.550. The maximum atomic E-state index is 11.0. The fourth-order valence-electron chi connectivity index (χ4n) is 1.68. The standard InChI is InChI=1S/C7H12O12S2/c1-14-4-3(17-21(11,12)13)2-15-6(7(8)9)5(4)16-20-19-18-10/h3-6,10H,2H2,1H3,(H,8,9)(H,11,12,13)/p-2/t3?,4-,5+,6?/m0/s1. The van der Waals surface area contributed by atoms with Crippen LogP contribution < -0.4 is 5.26 Å². The Balaban J connectivity index is 2.87. The molecule has 2 unspecified atom stereocenters. The lowest BCUT2D eigenvalue weighted by Gasteiger charge is -2.38. The molecule has 0 saturated carbocycles. The third-order valence-electron chi connectivity index (χ3n) is 2.39. The van der Waals surface area contributed by atoms with Gasteiger partial charge in [0.15, 0.2) is 18.4 Å². The van der Waals surface area contributed by atoms with Crippen LogP contribution in [0.1, 0.15) is 0 Å². The molecule has 1 aliphatic rings. The average molecular weight is 350 g/mol. The molecule has 1 N–H and O–H groups in total. The van der Waals surface area contributed by atoms with E-state index in [9.17, 15) is 23.0 Å². The molecule has 0 amide bonds. The molecule has 21 heavy (non-hydrogen) atoms. The van der Waals surface area contributed by atoms with E-state index in [1.807, 2.05) is 0 Å². The van der Waals surface area contributed by atoms with Crippen LogP contribution >= 0.6 is 12.3 Å². The third kappa shape index (κ3) is 5.62. The Morgan fingerprint density at radius 1 is 1.43 bits per heavy atom. The molecule has 124 valence electrons. The minimum atomic E-state index is -5.08. The lowest BCUT2D eigenvalue weighted by Crippen LogP contribution is -2.58. The first-order valence-electron chi connectivity index (χ1n) is 5.10. The van der Waals surface area contributed by atoms with Crippen molar-refractivity contribution in [1.29, 1.82) is 0 Å². The SMILES string of the molecule is CO[C@H]1C(OS(=O)(=O)[O-])COC(C(=O)O)[C@@H]1OSOO[O-]. The Morgan fingerprint density at radius 3 is 2.57 bits per heavy atom. The number of methoxy groups -OCH3 is 1. The van der Waals surface area contributed by atoms with Gasteiger partial charge in [-0.15, -0.1) is 4.33 Å². The molecule has 0 aromatic rings. The molecule has 1 aliphatic heterocycles. The van der Waals surface area contributed by atoms with Crippen molar-refractivity contribution in [2.75, 3.05) is 13.7 Å². The highest BCUT2D eigenvalue weighted by atomic mass is 32.3. The van der Waals surface area contributed by atoms with E-state index in [1.54, 1.807) is 0 Å². The number of hydrogen-bond acceptors (Lipinski definition) is 12. The van der Waals surface area contributed by atoms with Crippen LogP contribution in [0.4, 0.5) is 0 Å². The number of hydrogen-bond donors (Lipinski definition) is 1. The zero-order valence-corrected chi connectivity index (χ0v) is 11.9. The summed E-state index contributed by atoms with van der Waals surface area (Å²) in [6.45, 7) is -0.541. The molecule has 0 aliphatic carbocycles. The van der Waals surface area contributed by atoms with Crippen molar-refractivity contribution in [1.82, 2.24) is 0 Å². The van der Waals surface area contributed by atoms with Gasteiger partial charge in [0.25, 0.3) is 0 Å². The molecule has 1 saturated heterocycles. The van der Waals surface area contributed by atoms with Gasteiger partial charge in [-0.05, 0) is 0 Å². The van der Waals surface area contributed by atoms with Crippen molar-refractivity contribution >= 4 is 28.7 Å². The van der Waals surface area contributed by atoms with Crippen LogP contribution in [0.25, 0.3) is 0 Å². The van der Waals surface area contributed by atoms with Crippen molar-refractivity contribution in [3.8, 4) is 0 Å². The van der Waals surface area contributed by atoms with E-state index in [0.717, 1.165) is 7.11 Å². The predicted molar refractivity (Wildman–Crippen MR) is 57.4 cm³/mol. The molecule has 14 heteroatoms. The molecule has 0 radical (unpaired) electrons. The summed E-state index contributed by atoms with van der Waals surface area (Å²) >= 11 is -0.0211. The van der Waals surface area contributed by atoms with E-state index < -0.39 is 47.4 Å². The van der Waals surface area contributed by atoms with Crippen LogP contribution in [0.3, 0.4) is 0 Å². The van der Waals surface area contributed by atoms with Gasteiger partial charge < -0.3 is 24.4 Å². The maximum Gasteiger partial charge on any atom is 0.335 e. The zero-order valence-electron chi connectivity index (χ0n) is 10.3. The van der Waals surface area contributed by atoms with Crippen LogP contribution in [-0.2, 0) is 42.4 Å². The summed E-state index contributed by atoms with van der Waals surface area (Å²) in [6, 6.07) is 0. The Kier molecular flexibility index (Phi) is 7.21. The van der Waals surface area contributed by atoms with Gasteiger partial charge in [-0.2, -0.15) is 0 Å². The minimum Gasteiger partial charge on any atom is -0.726 e. The number of rotatable bonds is 8. The molecule has 12 nitrogen and oxygen atoms in total. The molecule has 0 aromatic heterocycles. The van der Waals surface area contributed by atoms with Gasteiger partial charge in [-0.25, -0.2) is 13.2 Å². The highest BCUT2D eigenvalue weighted by molar-refractivity contribution is 7.89. The van der Waals surface area contributed by atoms with Gasteiger partial charge in [0.1, 0.15) is 18.3 Å². The van der Waals surface area contributed by atoms with E-state index in [1.165, 1.54) is 0 Å². The Morgan fingerprint density at radius 2 is 2.10 bits per heavy atom. The Bertz CT molecular complexity index is 437. The van der Waals surface area contributed by atoms with Gasteiger partial charge in [0, 0.05) is 7.11 Å². The first-order valence-corrected chi connectivity index (χ1v) is 7.10. The highest BCUT2D eigenvalue weighted by Gasteiger charge is 2.47. The van der Waals surface area contributed by atoms with Crippen molar-refractivity contribution < 1.29 is 55.3 Å². The number of carbonyl (C=O) groups is 1. The predicted octanol–water partition coefficient (Wildman–Crippen LogP) is -2.50. The topological polar surface area (TPSA) is 173 Å². The van der Waals surface area contributed by atoms with Crippen LogP contribution in [0.15, 0.2) is 0 Å². The molecule has 1 rings (SSSR count). The second-order valence-electron chi connectivity index (χ2n) is 3.60. The lowest BCUT2D eigenvalue weighted by atomic mass is 10.00. The number of ether oxygens (including phenoxy) is 2. The van der Waals surface area contributed by atoms with Gasteiger partial charge in [-0.3, -0.25) is 13.4 Å². The largest absolute Gasteiger partial charge is 0.726 e. The number of carboxylic acid groups (broad SMARTS) is 1. The van der Waals surface area contributed by atoms with Gasteiger partial charge in [0.05, 0.1) is 6.61 Å². The quantitative estimate of drug-likeness (QED) is 0.122. The number of carboxylic acids is 1. The molecular weight excluding hydrogens is 340 g/mol. The summed E-state index contributed by atoms with van der Waals surface area (Å²) in [6.07, 6.45) is -5.77. The normalized spacial score (nSPS) is 30.2. The van der Waals surface area contributed by atoms with E-state index in [4.69, 9.17) is 18.8 Å². The van der Waals surface area contributed by atoms with Crippen molar-refractivity contribution in [3.05, 3.63) is 0 Å². The zero-order chi connectivity index (χ0) is 16.0. The highest BCUT2D eigenvalue weighted by Crippen LogP contribution is 2.27. The number of aliphatic carboxylic acids is 1. The summed E-state index contributed by atoms with van der Waals surface area (Å²) in [5.74, 6) is -1.45. The van der Waals surface area contributed by atoms with E-state index in [0.29, 0.717) is 0 Å². The van der Waals surface area contributed by atoms with Gasteiger partial charge in [0.2, 0.25) is 10.4 Å². The molecule has 4 atom stereocenters. The van der Waals surface area contributed by atoms with Crippen molar-refractivity contribution in [3.63, 3.8) is 0 Å². The van der Waals surface area contributed by atoms with Crippen LogP contribution in [0.2, 0.25) is 0 Å². The monoisotopic (exact) mass is 350 g/mol. The maximum absolute atomic E-state index is 11.0. The smallest absolute Gasteiger partial charge is 0.335 e. The molecule has 1 fully saturated rings. The van der Waals surface area contributed by atoms with Crippen molar-refractivity contribution in [2.24, 2.45) is 0 Å². The molecular formula is C7H10O12S2-2. The lowest BCUT2D eigenvalue weighted by molar-refractivity contribution is -0.777. The summed E-state index contributed by atoms with van der Waals surface area (Å²) in [4.78, 5) is 11.0. The van der Waals surface area contributed by atoms with E-state index in [2.05, 4.69) is 13.6 Å². The molecule has 1 heterocycles. The fourth-order valence-corrected chi connectivity index (χ4v) is 2.51. The molecule has 0 aromatic carbocycles. The second-order valence-corrected chi connectivity index (χ2v) is 5.07. The van der Waals surface area contributed by atoms with Crippen LogP contribution in [0.5, 0.6) is 0 Å². The molecule has 0 bridgehead atoms. The van der Waals surface area contributed by atoms with E-state index >= 15 is 0 Å². The third-order valence-corrected chi connectivity index (χ3v) is 3.29. The minimum absolute atomic E-state index is 0.0211.